The van der Waals surface area contributed by atoms with Crippen molar-refractivity contribution >= 4 is 15.7 Å². The maximum Gasteiger partial charge on any atom is 0.240 e. The summed E-state index contributed by atoms with van der Waals surface area (Å²) >= 11 is 0. The third kappa shape index (κ3) is 5.50. The lowest BCUT2D eigenvalue weighted by Gasteiger charge is -2.26. The summed E-state index contributed by atoms with van der Waals surface area (Å²) in [7, 11) is 0.461. The number of hydrogen-bond acceptors (Lipinski definition) is 4. The monoisotopic (exact) mass is 418 g/mol. The number of sulfonamides is 1. The first-order chi connectivity index (χ1) is 13.9. The Bertz CT molecular complexity index is 875. The molecule has 7 heteroatoms. The summed E-state index contributed by atoms with van der Waals surface area (Å²) in [4.78, 5) is 3.77. The van der Waals surface area contributed by atoms with E-state index in [1.165, 1.54) is 23.3 Å². The van der Waals surface area contributed by atoms with E-state index in [1.54, 1.807) is 24.3 Å². The van der Waals surface area contributed by atoms with E-state index in [0.717, 1.165) is 18.8 Å². The van der Waals surface area contributed by atoms with Crippen molar-refractivity contribution in [2.45, 2.75) is 30.7 Å². The van der Waals surface area contributed by atoms with Crippen LogP contribution in [0.5, 0.6) is 5.75 Å². The zero-order valence-corrected chi connectivity index (χ0v) is 18.3. The maximum atomic E-state index is 12.8. The third-order valence-corrected chi connectivity index (χ3v) is 6.91. The Labute approximate surface area is 174 Å². The quantitative estimate of drug-likeness (QED) is 0.652. The van der Waals surface area contributed by atoms with Crippen LogP contribution in [0.1, 0.15) is 31.4 Å². The van der Waals surface area contributed by atoms with Crippen molar-refractivity contribution in [1.29, 1.82) is 0 Å². The first-order valence-electron chi connectivity index (χ1n) is 10.2. The summed E-state index contributed by atoms with van der Waals surface area (Å²) in [5, 5.41) is 0. The van der Waals surface area contributed by atoms with E-state index in [2.05, 4.69) is 33.9 Å². The summed E-state index contributed by atoms with van der Waals surface area (Å²) in [6.45, 7) is 4.98. The average Bonchev–Trinajstić information content (AvgIpc) is 3.24. The predicted molar refractivity (Wildman–Crippen MR) is 116 cm³/mol. The van der Waals surface area contributed by atoms with E-state index in [9.17, 15) is 8.42 Å². The van der Waals surface area contributed by atoms with Gasteiger partial charge >= 0.3 is 0 Å². The molecular formula is C22H32N3O3S+. The van der Waals surface area contributed by atoms with Crippen LogP contribution in [0.2, 0.25) is 0 Å². The second-order valence-electron chi connectivity index (χ2n) is 7.66. The Hall–Kier alpha value is -2.09. The molecule has 158 valence electrons. The van der Waals surface area contributed by atoms with Crippen LogP contribution in [0, 0.1) is 0 Å². The molecule has 0 amide bonds. The van der Waals surface area contributed by atoms with Crippen LogP contribution in [0.3, 0.4) is 0 Å². The maximum absolute atomic E-state index is 12.8. The van der Waals surface area contributed by atoms with Crippen molar-refractivity contribution in [3.8, 4) is 5.75 Å². The van der Waals surface area contributed by atoms with Crippen LogP contribution in [-0.2, 0) is 10.0 Å². The fraction of sp³-hybridized carbons (Fsp3) is 0.455. The van der Waals surface area contributed by atoms with Gasteiger partial charge in [0, 0.05) is 38.2 Å². The molecule has 1 fully saturated rings. The molecule has 0 aromatic heterocycles. The molecule has 3 rings (SSSR count). The molecule has 0 aliphatic carbocycles. The van der Waals surface area contributed by atoms with Gasteiger partial charge in [-0.2, -0.15) is 0 Å². The average molecular weight is 419 g/mol. The topological polar surface area (TPSA) is 63.1 Å². The fourth-order valence-electron chi connectivity index (χ4n) is 3.84. The van der Waals surface area contributed by atoms with Crippen molar-refractivity contribution in [2.75, 3.05) is 45.2 Å². The van der Waals surface area contributed by atoms with Gasteiger partial charge in [0.25, 0.3) is 0 Å². The van der Waals surface area contributed by atoms with Crippen LogP contribution >= 0.6 is 0 Å². The minimum absolute atomic E-state index is 0.103. The molecule has 1 aliphatic rings. The number of benzene rings is 2. The SMILES string of the molecule is CCOc1ccc(S(=O)(=O)NC[C@@H](c2ccc(N(C)C)cc2)[NH+]2CCCC2)cc1. The van der Waals surface area contributed by atoms with Gasteiger partial charge in [-0.15, -0.1) is 0 Å². The van der Waals surface area contributed by atoms with Gasteiger partial charge in [-0.1, -0.05) is 12.1 Å². The lowest BCUT2D eigenvalue weighted by atomic mass is 10.1. The number of likely N-dealkylation sites (tertiary alicyclic amines) is 1. The van der Waals surface area contributed by atoms with E-state index in [1.807, 2.05) is 21.0 Å². The highest BCUT2D eigenvalue weighted by atomic mass is 32.2. The van der Waals surface area contributed by atoms with Crippen molar-refractivity contribution in [3.63, 3.8) is 0 Å². The van der Waals surface area contributed by atoms with Crippen LogP contribution < -0.4 is 19.3 Å². The first kappa shape index (κ1) is 21.6. The molecule has 0 bridgehead atoms. The van der Waals surface area contributed by atoms with Crippen molar-refractivity contribution in [3.05, 3.63) is 54.1 Å². The summed E-state index contributed by atoms with van der Waals surface area (Å²) in [6, 6.07) is 15.1. The molecule has 2 aromatic carbocycles. The fourth-order valence-corrected chi connectivity index (χ4v) is 4.89. The lowest BCUT2D eigenvalue weighted by Crippen LogP contribution is -3.11. The number of quaternary nitrogens is 1. The van der Waals surface area contributed by atoms with E-state index in [-0.39, 0.29) is 10.9 Å². The number of nitrogens with one attached hydrogen (secondary N) is 2. The second kappa shape index (κ2) is 9.61. The van der Waals surface area contributed by atoms with Gasteiger partial charge in [-0.3, -0.25) is 0 Å². The van der Waals surface area contributed by atoms with Gasteiger partial charge in [-0.25, -0.2) is 13.1 Å². The van der Waals surface area contributed by atoms with Gasteiger partial charge < -0.3 is 14.5 Å². The summed E-state index contributed by atoms with van der Waals surface area (Å²) in [6.07, 6.45) is 2.38. The number of hydrogen-bond donors (Lipinski definition) is 2. The number of anilines is 1. The highest BCUT2D eigenvalue weighted by Gasteiger charge is 2.29. The molecule has 0 spiro atoms. The predicted octanol–water partition coefficient (Wildman–Crippen LogP) is 1.85. The van der Waals surface area contributed by atoms with Gasteiger partial charge in [0.05, 0.1) is 31.1 Å². The second-order valence-corrected chi connectivity index (χ2v) is 9.43. The summed E-state index contributed by atoms with van der Waals surface area (Å²) in [5.74, 6) is 0.673. The first-order valence-corrected chi connectivity index (χ1v) is 11.7. The molecule has 29 heavy (non-hydrogen) atoms. The van der Waals surface area contributed by atoms with E-state index >= 15 is 0 Å². The number of rotatable bonds is 9. The Balaban J connectivity index is 1.75. The molecule has 2 aromatic rings. The zero-order valence-electron chi connectivity index (χ0n) is 17.5. The largest absolute Gasteiger partial charge is 0.494 e. The van der Waals surface area contributed by atoms with Gasteiger partial charge in [0.1, 0.15) is 11.8 Å². The van der Waals surface area contributed by atoms with Gasteiger partial charge in [-0.05, 0) is 43.3 Å². The minimum atomic E-state index is -3.57. The molecule has 1 saturated heterocycles. The Kier molecular flexibility index (Phi) is 7.16. The Morgan fingerprint density at radius 3 is 2.21 bits per heavy atom. The molecule has 0 saturated carbocycles. The summed E-state index contributed by atoms with van der Waals surface area (Å²) < 4.78 is 33.9. The smallest absolute Gasteiger partial charge is 0.240 e. The van der Waals surface area contributed by atoms with Crippen molar-refractivity contribution in [1.82, 2.24) is 4.72 Å². The molecular weight excluding hydrogens is 386 g/mol. The van der Waals surface area contributed by atoms with Crippen LogP contribution in [-0.4, -0.2) is 48.8 Å². The molecule has 2 N–H and O–H groups in total. The molecule has 1 atom stereocenters. The lowest BCUT2D eigenvalue weighted by molar-refractivity contribution is -0.918. The Morgan fingerprint density at radius 1 is 1.03 bits per heavy atom. The van der Waals surface area contributed by atoms with E-state index in [0.29, 0.717) is 18.9 Å². The standard InChI is InChI=1S/C22H31N3O3S/c1-4-28-20-11-13-21(14-12-20)29(26,27)23-17-22(25-15-5-6-16-25)18-7-9-19(10-8-18)24(2)3/h7-14,22-23H,4-6,15-17H2,1-3H3/p+1/t22-/m0/s1. The van der Waals surface area contributed by atoms with Crippen molar-refractivity contribution < 1.29 is 18.1 Å². The minimum Gasteiger partial charge on any atom is -0.494 e. The normalized spacial score (nSPS) is 16.0. The molecule has 1 aliphatic heterocycles. The van der Waals surface area contributed by atoms with E-state index in [4.69, 9.17) is 4.74 Å². The molecule has 6 nitrogen and oxygen atoms in total. The molecule has 0 unspecified atom stereocenters. The van der Waals surface area contributed by atoms with E-state index < -0.39 is 10.0 Å². The highest BCUT2D eigenvalue weighted by Crippen LogP contribution is 2.19. The molecule has 0 radical (unpaired) electrons. The zero-order chi connectivity index (χ0) is 20.9. The van der Waals surface area contributed by atoms with Crippen molar-refractivity contribution in [2.24, 2.45) is 0 Å². The Morgan fingerprint density at radius 2 is 1.66 bits per heavy atom. The number of nitrogens with zero attached hydrogens (tertiary/aromatic N) is 1. The molecule has 1 heterocycles. The third-order valence-electron chi connectivity index (χ3n) is 5.47. The summed E-state index contributed by atoms with van der Waals surface area (Å²) in [5.41, 5.74) is 2.31. The van der Waals surface area contributed by atoms with Gasteiger partial charge in [0.2, 0.25) is 10.0 Å². The van der Waals surface area contributed by atoms with Gasteiger partial charge in [0.15, 0.2) is 0 Å². The van der Waals surface area contributed by atoms with Crippen LogP contribution in [0.25, 0.3) is 0 Å². The van der Waals surface area contributed by atoms with Crippen LogP contribution in [0.15, 0.2) is 53.4 Å². The number of ether oxygens (including phenoxy) is 1. The van der Waals surface area contributed by atoms with Crippen LogP contribution in [0.4, 0.5) is 5.69 Å². The highest BCUT2D eigenvalue weighted by molar-refractivity contribution is 7.89.